The number of nitrogens with zero attached hydrogens (tertiary/aromatic N) is 2. The maximum Gasteiger partial charge on any atom is 0.166 e. The highest BCUT2D eigenvalue weighted by Gasteiger charge is 2.12. The maximum atomic E-state index is 13.3. The fraction of sp³-hybridized carbons (Fsp3) is 0.273. The normalized spacial score (nSPS) is 9.62. The Bertz CT molecular complexity index is 440. The van der Waals surface area contributed by atoms with Crippen molar-refractivity contribution in [1.29, 1.82) is 5.26 Å². The van der Waals surface area contributed by atoms with E-state index in [2.05, 4.69) is 0 Å². The van der Waals surface area contributed by atoms with Crippen molar-refractivity contribution in [3.8, 4) is 6.07 Å². The Labute approximate surface area is 91.9 Å². The van der Waals surface area contributed by atoms with Crippen LogP contribution < -0.4 is 4.90 Å². The van der Waals surface area contributed by atoms with Gasteiger partial charge in [-0.25, -0.2) is 8.78 Å². The number of carbonyl (C=O) groups excluding carboxylic acids is 1. The molecular formula is C11H10F2N2O. The van der Waals surface area contributed by atoms with Gasteiger partial charge in [0.15, 0.2) is 5.78 Å². The van der Waals surface area contributed by atoms with Gasteiger partial charge in [-0.1, -0.05) is 0 Å². The van der Waals surface area contributed by atoms with Gasteiger partial charge in [-0.05, 0) is 12.1 Å². The van der Waals surface area contributed by atoms with Crippen molar-refractivity contribution < 1.29 is 13.6 Å². The maximum absolute atomic E-state index is 13.3. The lowest BCUT2D eigenvalue weighted by atomic mass is 10.2. The molecule has 84 valence electrons. The SMILES string of the molecule is CN(CC(=O)CC#N)c1cc(F)ccc1F. The molecule has 0 unspecified atom stereocenters. The van der Waals surface area contributed by atoms with Crippen molar-refractivity contribution in [2.45, 2.75) is 6.42 Å². The lowest BCUT2D eigenvalue weighted by Crippen LogP contribution is -2.26. The highest BCUT2D eigenvalue weighted by atomic mass is 19.1. The number of carbonyl (C=O) groups is 1. The predicted molar refractivity (Wildman–Crippen MR) is 54.9 cm³/mol. The first-order valence-electron chi connectivity index (χ1n) is 4.59. The minimum absolute atomic E-state index is 0.00582. The van der Waals surface area contributed by atoms with E-state index in [1.165, 1.54) is 11.9 Å². The number of hydrogen-bond donors (Lipinski definition) is 0. The number of ketones is 1. The summed E-state index contributed by atoms with van der Waals surface area (Å²) >= 11 is 0. The number of likely N-dealkylation sites (N-methyl/N-ethyl adjacent to an activating group) is 1. The second-order valence-corrected chi connectivity index (χ2v) is 3.33. The molecule has 0 spiro atoms. The minimum Gasteiger partial charge on any atom is -0.365 e. The van der Waals surface area contributed by atoms with Gasteiger partial charge in [0.1, 0.15) is 11.6 Å². The third-order valence-electron chi connectivity index (χ3n) is 2.01. The molecule has 0 saturated carbocycles. The van der Waals surface area contributed by atoms with E-state index in [1.54, 1.807) is 6.07 Å². The average molecular weight is 224 g/mol. The summed E-state index contributed by atoms with van der Waals surface area (Å²) in [5, 5.41) is 8.30. The highest BCUT2D eigenvalue weighted by molar-refractivity contribution is 5.85. The summed E-state index contributed by atoms with van der Waals surface area (Å²) in [6.45, 7) is -0.117. The number of halogens is 2. The van der Waals surface area contributed by atoms with Crippen molar-refractivity contribution >= 4 is 11.5 Å². The van der Waals surface area contributed by atoms with Crippen molar-refractivity contribution in [2.75, 3.05) is 18.5 Å². The number of hydrogen-bond acceptors (Lipinski definition) is 3. The second kappa shape index (κ2) is 5.21. The molecule has 0 saturated heterocycles. The minimum atomic E-state index is -0.603. The summed E-state index contributed by atoms with van der Waals surface area (Å²) in [4.78, 5) is 12.4. The quantitative estimate of drug-likeness (QED) is 0.784. The van der Waals surface area contributed by atoms with Gasteiger partial charge in [0.25, 0.3) is 0 Å². The van der Waals surface area contributed by atoms with E-state index in [0.29, 0.717) is 0 Å². The fourth-order valence-electron chi connectivity index (χ4n) is 1.27. The van der Waals surface area contributed by atoms with E-state index >= 15 is 0 Å². The molecule has 0 N–H and O–H groups in total. The largest absolute Gasteiger partial charge is 0.365 e. The van der Waals surface area contributed by atoms with Crippen LogP contribution in [0, 0.1) is 23.0 Å². The van der Waals surface area contributed by atoms with Gasteiger partial charge in [0.05, 0.1) is 24.7 Å². The topological polar surface area (TPSA) is 44.1 Å². The Balaban J connectivity index is 2.80. The van der Waals surface area contributed by atoms with Crippen molar-refractivity contribution in [3.05, 3.63) is 29.8 Å². The van der Waals surface area contributed by atoms with E-state index in [-0.39, 0.29) is 24.4 Å². The zero-order valence-electron chi connectivity index (χ0n) is 8.70. The summed E-state index contributed by atoms with van der Waals surface area (Å²) in [6.07, 6.45) is -0.235. The molecule has 16 heavy (non-hydrogen) atoms. The van der Waals surface area contributed by atoms with Crippen LogP contribution in [-0.4, -0.2) is 19.4 Å². The number of Topliss-reactive ketones (excluding diaryl/α,β-unsaturated/α-hetero) is 1. The fourth-order valence-corrected chi connectivity index (χ4v) is 1.27. The van der Waals surface area contributed by atoms with Crippen molar-refractivity contribution in [3.63, 3.8) is 0 Å². The van der Waals surface area contributed by atoms with Crippen LogP contribution in [0.3, 0.4) is 0 Å². The van der Waals surface area contributed by atoms with E-state index in [1.807, 2.05) is 0 Å². The smallest absolute Gasteiger partial charge is 0.166 e. The summed E-state index contributed by atoms with van der Waals surface area (Å²) in [5.41, 5.74) is 0.00582. The molecule has 1 rings (SSSR count). The summed E-state index contributed by atoms with van der Waals surface area (Å²) in [5.74, 6) is -1.52. The van der Waals surface area contributed by atoms with Gasteiger partial charge in [0.2, 0.25) is 0 Å². The number of nitriles is 1. The van der Waals surface area contributed by atoms with Crippen LogP contribution >= 0.6 is 0 Å². The monoisotopic (exact) mass is 224 g/mol. The van der Waals surface area contributed by atoms with Crippen molar-refractivity contribution in [2.24, 2.45) is 0 Å². The Hall–Kier alpha value is -1.96. The Morgan fingerprint density at radius 2 is 2.19 bits per heavy atom. The molecule has 1 aromatic rings. The van der Waals surface area contributed by atoms with Gasteiger partial charge in [-0.2, -0.15) is 5.26 Å². The molecule has 0 radical (unpaired) electrons. The Morgan fingerprint density at radius 3 is 2.81 bits per heavy atom. The standard InChI is InChI=1S/C11H10F2N2O/c1-15(7-9(16)4-5-14)11-6-8(12)2-3-10(11)13/h2-3,6H,4,7H2,1H3. The van der Waals surface area contributed by atoms with E-state index in [4.69, 9.17) is 5.26 Å². The molecule has 0 aliphatic heterocycles. The molecule has 5 heteroatoms. The molecule has 0 atom stereocenters. The van der Waals surface area contributed by atoms with Gasteiger partial charge in [-0.3, -0.25) is 4.79 Å². The molecule has 3 nitrogen and oxygen atoms in total. The lowest BCUT2D eigenvalue weighted by molar-refractivity contribution is -0.116. The summed E-state index contributed by atoms with van der Waals surface area (Å²) in [7, 11) is 1.47. The van der Waals surface area contributed by atoms with E-state index in [9.17, 15) is 13.6 Å². The van der Waals surface area contributed by atoms with Gasteiger partial charge in [-0.15, -0.1) is 0 Å². The van der Waals surface area contributed by atoms with Crippen LogP contribution in [0.4, 0.5) is 14.5 Å². The first-order valence-corrected chi connectivity index (χ1v) is 4.59. The molecular weight excluding hydrogens is 214 g/mol. The number of rotatable bonds is 4. The average Bonchev–Trinajstić information content (AvgIpc) is 2.21. The van der Waals surface area contributed by atoms with Crippen LogP contribution in [0.5, 0.6) is 0 Å². The van der Waals surface area contributed by atoms with E-state index < -0.39 is 11.6 Å². The zero-order chi connectivity index (χ0) is 12.1. The second-order valence-electron chi connectivity index (χ2n) is 3.33. The Kier molecular flexibility index (Phi) is 3.95. The summed E-state index contributed by atoms with van der Waals surface area (Å²) < 4.78 is 26.1. The molecule has 0 bridgehead atoms. The van der Waals surface area contributed by atoms with Crippen LogP contribution in [0.15, 0.2) is 18.2 Å². The highest BCUT2D eigenvalue weighted by Crippen LogP contribution is 2.18. The van der Waals surface area contributed by atoms with Crippen molar-refractivity contribution in [1.82, 2.24) is 0 Å². The Morgan fingerprint density at radius 1 is 1.50 bits per heavy atom. The van der Waals surface area contributed by atoms with Crippen LogP contribution in [-0.2, 0) is 4.79 Å². The van der Waals surface area contributed by atoms with Gasteiger partial charge in [0, 0.05) is 13.1 Å². The van der Waals surface area contributed by atoms with Crippen LogP contribution in [0.25, 0.3) is 0 Å². The molecule has 0 amide bonds. The van der Waals surface area contributed by atoms with Gasteiger partial charge >= 0.3 is 0 Å². The molecule has 1 aromatic carbocycles. The molecule has 0 fully saturated rings. The third-order valence-corrected chi connectivity index (χ3v) is 2.01. The number of benzene rings is 1. The molecule has 0 heterocycles. The first kappa shape index (κ1) is 12.1. The molecule has 0 aliphatic rings. The van der Waals surface area contributed by atoms with Gasteiger partial charge < -0.3 is 4.90 Å². The third kappa shape index (κ3) is 3.02. The summed E-state index contributed by atoms with van der Waals surface area (Å²) in [6, 6.07) is 4.71. The lowest BCUT2D eigenvalue weighted by Gasteiger charge is -2.18. The predicted octanol–water partition coefficient (Wildman–Crippen LogP) is 1.88. The first-order chi connectivity index (χ1) is 7.54. The van der Waals surface area contributed by atoms with E-state index in [0.717, 1.165) is 18.2 Å². The number of anilines is 1. The van der Waals surface area contributed by atoms with Crippen LogP contribution in [0.1, 0.15) is 6.42 Å². The van der Waals surface area contributed by atoms with Crippen LogP contribution in [0.2, 0.25) is 0 Å². The molecule has 0 aromatic heterocycles. The zero-order valence-corrected chi connectivity index (χ0v) is 8.70. The molecule has 0 aliphatic carbocycles.